The van der Waals surface area contributed by atoms with Crippen molar-refractivity contribution in [1.29, 1.82) is 0 Å². The van der Waals surface area contributed by atoms with E-state index in [1.165, 1.54) is 0 Å². The summed E-state index contributed by atoms with van der Waals surface area (Å²) in [6.07, 6.45) is -8.81. The van der Waals surface area contributed by atoms with E-state index in [9.17, 15) is 36.2 Å². The monoisotopic (exact) mass is 498 g/mol. The van der Waals surface area contributed by atoms with Crippen molar-refractivity contribution in [3.05, 3.63) is 70.4 Å². The largest absolute Gasteiger partial charge is 0.430 e. The molecular formula is C25H24F6N2O2. The molecular weight excluding hydrogens is 474 g/mol. The molecule has 3 aromatic rings. The van der Waals surface area contributed by atoms with Crippen molar-refractivity contribution >= 4 is 16.8 Å². The van der Waals surface area contributed by atoms with Crippen LogP contribution in [0.3, 0.4) is 0 Å². The number of hydrogen-bond donors (Lipinski definition) is 2. The van der Waals surface area contributed by atoms with Gasteiger partial charge in [-0.05, 0) is 68.0 Å². The SMILES string of the molecule is Cc1[nH]c2ccc(C(O)(C(F)(F)F)C(F)(F)F)cc2c1Cc1cccc(C(=O)N2CCCCC2)c1. The van der Waals surface area contributed by atoms with E-state index < -0.39 is 23.5 Å². The topological polar surface area (TPSA) is 56.3 Å². The number of aryl methyl sites for hydroxylation is 1. The minimum Gasteiger partial charge on any atom is -0.369 e. The van der Waals surface area contributed by atoms with Gasteiger partial charge in [-0.1, -0.05) is 18.2 Å². The molecule has 1 amide bonds. The molecule has 0 atom stereocenters. The summed E-state index contributed by atoms with van der Waals surface area (Å²) < 4.78 is 80.4. The number of aromatic amines is 1. The van der Waals surface area contributed by atoms with Gasteiger partial charge < -0.3 is 15.0 Å². The fourth-order valence-electron chi connectivity index (χ4n) is 4.62. The number of aliphatic hydroxyl groups is 1. The Kier molecular flexibility index (Phi) is 6.37. The zero-order chi connectivity index (χ0) is 25.6. The van der Waals surface area contributed by atoms with Crippen LogP contribution in [-0.2, 0) is 12.0 Å². The Labute approximate surface area is 197 Å². The quantitative estimate of drug-likeness (QED) is 0.433. The van der Waals surface area contributed by atoms with E-state index in [0.29, 0.717) is 47.1 Å². The summed E-state index contributed by atoms with van der Waals surface area (Å²) in [5.74, 6) is -0.107. The van der Waals surface area contributed by atoms with Gasteiger partial charge in [-0.2, -0.15) is 26.3 Å². The van der Waals surface area contributed by atoms with Crippen LogP contribution in [0.5, 0.6) is 0 Å². The Hall–Kier alpha value is -3.01. The number of likely N-dealkylation sites (tertiary alicyclic amines) is 1. The van der Waals surface area contributed by atoms with Gasteiger partial charge in [-0.15, -0.1) is 0 Å². The zero-order valence-corrected chi connectivity index (χ0v) is 18.9. The number of carbonyl (C=O) groups is 1. The molecule has 10 heteroatoms. The number of nitrogens with one attached hydrogen (secondary N) is 1. The summed E-state index contributed by atoms with van der Waals surface area (Å²) in [5, 5.41) is 9.96. The average Bonchev–Trinajstić information content (AvgIpc) is 3.11. The molecule has 4 rings (SSSR count). The first-order chi connectivity index (χ1) is 16.3. The smallest absolute Gasteiger partial charge is 0.369 e. The highest BCUT2D eigenvalue weighted by Gasteiger charge is 2.71. The number of carbonyl (C=O) groups excluding carboxylic acids is 1. The van der Waals surface area contributed by atoms with Gasteiger partial charge in [-0.25, -0.2) is 0 Å². The number of halogens is 6. The third-order valence-electron chi connectivity index (χ3n) is 6.56. The van der Waals surface area contributed by atoms with Crippen LogP contribution in [0.4, 0.5) is 26.3 Å². The maximum Gasteiger partial charge on any atom is 0.430 e. The molecule has 2 N–H and O–H groups in total. The van der Waals surface area contributed by atoms with Crippen LogP contribution in [0.15, 0.2) is 42.5 Å². The lowest BCUT2D eigenvalue weighted by Gasteiger charge is -2.32. The van der Waals surface area contributed by atoms with Gasteiger partial charge in [0.15, 0.2) is 0 Å². The van der Waals surface area contributed by atoms with Gasteiger partial charge in [-0.3, -0.25) is 4.79 Å². The highest BCUT2D eigenvalue weighted by atomic mass is 19.4. The molecule has 0 aliphatic carbocycles. The van der Waals surface area contributed by atoms with E-state index in [1.807, 2.05) is 0 Å². The molecule has 0 unspecified atom stereocenters. The van der Waals surface area contributed by atoms with Gasteiger partial charge in [0.25, 0.3) is 11.5 Å². The molecule has 0 radical (unpaired) electrons. The summed E-state index contributed by atoms with van der Waals surface area (Å²) in [5.41, 5.74) is -3.76. The Balaban J connectivity index is 1.72. The highest BCUT2D eigenvalue weighted by molar-refractivity contribution is 5.94. The molecule has 4 nitrogen and oxygen atoms in total. The van der Waals surface area contributed by atoms with E-state index in [4.69, 9.17) is 0 Å². The number of fused-ring (bicyclic) bond motifs is 1. The van der Waals surface area contributed by atoms with Gasteiger partial charge in [0.05, 0.1) is 0 Å². The first-order valence-electron chi connectivity index (χ1n) is 11.2. The Bertz CT molecular complexity index is 1220. The van der Waals surface area contributed by atoms with Crippen LogP contribution < -0.4 is 0 Å². The Morgan fingerprint density at radius 2 is 1.63 bits per heavy atom. The van der Waals surface area contributed by atoms with Gasteiger partial charge in [0.2, 0.25) is 0 Å². The number of rotatable bonds is 4. The van der Waals surface area contributed by atoms with Crippen molar-refractivity contribution in [1.82, 2.24) is 9.88 Å². The van der Waals surface area contributed by atoms with Crippen molar-refractivity contribution in [2.45, 2.75) is 50.6 Å². The third kappa shape index (κ3) is 4.51. The number of aromatic nitrogens is 1. The van der Waals surface area contributed by atoms with E-state index in [2.05, 4.69) is 4.98 Å². The first kappa shape index (κ1) is 25.1. The number of alkyl halides is 6. The van der Waals surface area contributed by atoms with Crippen molar-refractivity contribution in [3.8, 4) is 0 Å². The molecule has 1 saturated heterocycles. The summed E-state index contributed by atoms with van der Waals surface area (Å²) in [6.45, 7) is 3.01. The van der Waals surface area contributed by atoms with Gasteiger partial charge >= 0.3 is 12.4 Å². The molecule has 1 aromatic heterocycles. The summed E-state index contributed by atoms with van der Waals surface area (Å²) in [4.78, 5) is 17.6. The van der Waals surface area contributed by atoms with Gasteiger partial charge in [0, 0.05) is 40.8 Å². The van der Waals surface area contributed by atoms with Crippen LogP contribution in [0.25, 0.3) is 10.9 Å². The first-order valence-corrected chi connectivity index (χ1v) is 11.2. The summed E-state index contributed by atoms with van der Waals surface area (Å²) >= 11 is 0. The number of nitrogens with zero attached hydrogens (tertiary/aromatic N) is 1. The second-order valence-corrected chi connectivity index (χ2v) is 8.92. The van der Waals surface area contributed by atoms with Crippen LogP contribution in [0.1, 0.15) is 52.0 Å². The van der Waals surface area contributed by atoms with Crippen LogP contribution in [0.2, 0.25) is 0 Å². The molecule has 1 aliphatic rings. The van der Waals surface area contributed by atoms with Crippen molar-refractivity contribution < 1.29 is 36.2 Å². The third-order valence-corrected chi connectivity index (χ3v) is 6.56. The van der Waals surface area contributed by atoms with Crippen molar-refractivity contribution in [2.24, 2.45) is 0 Å². The molecule has 35 heavy (non-hydrogen) atoms. The predicted octanol–water partition coefficient (Wildman–Crippen LogP) is 6.01. The maximum absolute atomic E-state index is 13.4. The van der Waals surface area contributed by atoms with E-state index in [-0.39, 0.29) is 17.7 Å². The Morgan fingerprint density at radius 1 is 0.971 bits per heavy atom. The average molecular weight is 498 g/mol. The van der Waals surface area contributed by atoms with E-state index in [1.54, 1.807) is 36.1 Å². The minimum atomic E-state index is -5.96. The molecule has 1 aliphatic heterocycles. The second kappa shape index (κ2) is 8.89. The highest BCUT2D eigenvalue weighted by Crippen LogP contribution is 2.50. The lowest BCUT2D eigenvalue weighted by atomic mass is 9.90. The lowest BCUT2D eigenvalue weighted by molar-refractivity contribution is -0.376. The predicted molar refractivity (Wildman–Crippen MR) is 118 cm³/mol. The van der Waals surface area contributed by atoms with Crippen molar-refractivity contribution in [2.75, 3.05) is 13.1 Å². The molecule has 2 heterocycles. The fourth-order valence-corrected chi connectivity index (χ4v) is 4.62. The minimum absolute atomic E-state index is 0.107. The number of benzene rings is 2. The summed E-state index contributed by atoms with van der Waals surface area (Å²) in [6, 6.07) is 9.29. The van der Waals surface area contributed by atoms with Crippen LogP contribution in [-0.4, -0.2) is 46.3 Å². The number of amides is 1. The molecule has 0 saturated carbocycles. The molecule has 2 aromatic carbocycles. The molecule has 0 spiro atoms. The normalized spacial score (nSPS) is 15.6. The Morgan fingerprint density at radius 3 is 2.26 bits per heavy atom. The fraction of sp³-hybridized carbons (Fsp3) is 0.400. The summed E-state index contributed by atoms with van der Waals surface area (Å²) in [7, 11) is 0. The van der Waals surface area contributed by atoms with Crippen LogP contribution >= 0.6 is 0 Å². The standard InChI is InChI=1S/C25H24F6N2O2/c1-15-19(13-16-6-5-7-17(12-16)22(34)33-10-3-2-4-11-33)20-14-18(8-9-21(20)32-15)23(35,24(26,27)28)25(29,30)31/h5-9,12,14,32,35H,2-4,10-11,13H2,1H3. The van der Waals surface area contributed by atoms with E-state index >= 15 is 0 Å². The number of piperidine rings is 1. The molecule has 0 bridgehead atoms. The number of H-pyrrole nitrogens is 1. The molecule has 188 valence electrons. The number of hydrogen-bond acceptors (Lipinski definition) is 2. The van der Waals surface area contributed by atoms with Crippen molar-refractivity contribution in [3.63, 3.8) is 0 Å². The second-order valence-electron chi connectivity index (χ2n) is 8.92. The molecule has 1 fully saturated rings. The van der Waals surface area contributed by atoms with Gasteiger partial charge in [0.1, 0.15) is 0 Å². The van der Waals surface area contributed by atoms with Crippen LogP contribution in [0, 0.1) is 6.92 Å². The lowest BCUT2D eigenvalue weighted by Crippen LogP contribution is -2.53. The zero-order valence-electron chi connectivity index (χ0n) is 18.9. The van der Waals surface area contributed by atoms with E-state index in [0.717, 1.165) is 31.4 Å². The maximum atomic E-state index is 13.4.